The summed E-state index contributed by atoms with van der Waals surface area (Å²) in [7, 11) is 5.33. The number of carbonyl (C=O) groups excluding carboxylic acids is 2. The number of ether oxygens (including phenoxy) is 1. The molecule has 2 amide bonds. The van der Waals surface area contributed by atoms with E-state index >= 15 is 0 Å². The maximum atomic E-state index is 13.1. The lowest BCUT2D eigenvalue weighted by Crippen LogP contribution is -2.41. The third-order valence-corrected chi connectivity index (χ3v) is 5.44. The minimum atomic E-state index is -0.349. The third-order valence-electron chi connectivity index (χ3n) is 5.44. The van der Waals surface area contributed by atoms with Crippen LogP contribution in [0.2, 0.25) is 0 Å². The van der Waals surface area contributed by atoms with Gasteiger partial charge in [0.05, 0.1) is 24.8 Å². The first-order chi connectivity index (χ1) is 11.9. The summed E-state index contributed by atoms with van der Waals surface area (Å²) in [5.74, 6) is -0.282. The molecule has 136 valence electrons. The maximum Gasteiger partial charge on any atom is 0.228 e. The summed E-state index contributed by atoms with van der Waals surface area (Å²) >= 11 is 0. The molecule has 0 radical (unpaired) electrons. The minimum absolute atomic E-state index is 0.0132. The highest BCUT2D eigenvalue weighted by atomic mass is 16.5. The maximum absolute atomic E-state index is 13.1. The normalized spacial score (nSPS) is 24.0. The van der Waals surface area contributed by atoms with Crippen LogP contribution in [0.3, 0.4) is 0 Å². The SMILES string of the molecule is COCC1=CCN(C(=O)[C@H]2CC(=O)N(C)[C@@H]2c2cnn(C)c2C)CC1. The Labute approximate surface area is 148 Å². The molecule has 3 heterocycles. The molecule has 1 saturated heterocycles. The summed E-state index contributed by atoms with van der Waals surface area (Å²) in [5, 5.41) is 4.29. The van der Waals surface area contributed by atoms with Gasteiger partial charge in [0, 0.05) is 52.0 Å². The van der Waals surface area contributed by atoms with Crippen molar-refractivity contribution in [2.45, 2.75) is 25.8 Å². The average molecular weight is 346 g/mol. The number of carbonyl (C=O) groups is 2. The van der Waals surface area contributed by atoms with Crippen molar-refractivity contribution in [3.8, 4) is 0 Å². The van der Waals surface area contributed by atoms with E-state index in [0.717, 1.165) is 17.7 Å². The number of amides is 2. The predicted molar refractivity (Wildman–Crippen MR) is 92.7 cm³/mol. The van der Waals surface area contributed by atoms with Gasteiger partial charge >= 0.3 is 0 Å². The van der Waals surface area contributed by atoms with Crippen LogP contribution in [-0.2, 0) is 21.4 Å². The van der Waals surface area contributed by atoms with Gasteiger partial charge in [-0.1, -0.05) is 6.08 Å². The van der Waals surface area contributed by atoms with Gasteiger partial charge in [-0.2, -0.15) is 5.10 Å². The molecular weight excluding hydrogens is 320 g/mol. The van der Waals surface area contributed by atoms with Crippen molar-refractivity contribution in [1.82, 2.24) is 19.6 Å². The molecule has 0 N–H and O–H groups in total. The number of hydrogen-bond acceptors (Lipinski definition) is 4. The van der Waals surface area contributed by atoms with E-state index in [-0.39, 0.29) is 30.2 Å². The molecule has 7 nitrogen and oxygen atoms in total. The van der Waals surface area contributed by atoms with E-state index in [0.29, 0.717) is 19.7 Å². The molecule has 2 aliphatic heterocycles. The van der Waals surface area contributed by atoms with Gasteiger partial charge in [-0.05, 0) is 18.9 Å². The van der Waals surface area contributed by atoms with Gasteiger partial charge in [-0.15, -0.1) is 0 Å². The van der Waals surface area contributed by atoms with Gasteiger partial charge < -0.3 is 14.5 Å². The molecule has 7 heteroatoms. The Morgan fingerprint density at radius 2 is 2.16 bits per heavy atom. The summed E-state index contributed by atoms with van der Waals surface area (Å²) in [5.41, 5.74) is 3.18. The lowest BCUT2D eigenvalue weighted by molar-refractivity contribution is -0.136. The molecule has 0 aliphatic carbocycles. The Hall–Kier alpha value is -2.15. The zero-order valence-electron chi connectivity index (χ0n) is 15.4. The second kappa shape index (κ2) is 7.00. The average Bonchev–Trinajstić information content (AvgIpc) is 3.08. The monoisotopic (exact) mass is 346 g/mol. The zero-order valence-corrected chi connectivity index (χ0v) is 15.4. The number of rotatable bonds is 4. The fourth-order valence-corrected chi connectivity index (χ4v) is 3.78. The molecular formula is C18H26N4O3. The van der Waals surface area contributed by atoms with Crippen LogP contribution in [0.25, 0.3) is 0 Å². The Morgan fingerprint density at radius 3 is 2.72 bits per heavy atom. The predicted octanol–water partition coefficient (Wildman–Crippen LogP) is 1.05. The van der Waals surface area contributed by atoms with Crippen LogP contribution in [-0.4, -0.2) is 65.2 Å². The van der Waals surface area contributed by atoms with Crippen LogP contribution < -0.4 is 0 Å². The Bertz CT molecular complexity index is 709. The largest absolute Gasteiger partial charge is 0.380 e. The van der Waals surface area contributed by atoms with Crippen molar-refractivity contribution in [3.63, 3.8) is 0 Å². The van der Waals surface area contributed by atoms with Crippen LogP contribution in [0, 0.1) is 12.8 Å². The van der Waals surface area contributed by atoms with Crippen LogP contribution in [0.1, 0.15) is 30.1 Å². The fraction of sp³-hybridized carbons (Fsp3) is 0.611. The Morgan fingerprint density at radius 1 is 1.40 bits per heavy atom. The standard InChI is InChI=1S/C18H26N4O3/c1-12-15(10-19-21(12)3)17-14(9-16(23)20(17)2)18(24)22-7-5-13(6-8-22)11-25-4/h5,10,14,17H,6-9,11H2,1-4H3/t14-,17-/m0/s1. The molecule has 0 unspecified atom stereocenters. The van der Waals surface area contributed by atoms with E-state index in [2.05, 4.69) is 11.2 Å². The van der Waals surface area contributed by atoms with E-state index < -0.39 is 0 Å². The van der Waals surface area contributed by atoms with Crippen molar-refractivity contribution in [2.75, 3.05) is 33.9 Å². The van der Waals surface area contributed by atoms with Gasteiger partial charge in [0.1, 0.15) is 0 Å². The number of nitrogens with zero attached hydrogens (tertiary/aromatic N) is 4. The number of methoxy groups -OCH3 is 1. The Balaban J connectivity index is 1.81. The van der Waals surface area contributed by atoms with Crippen molar-refractivity contribution < 1.29 is 14.3 Å². The van der Waals surface area contributed by atoms with E-state index in [1.165, 1.54) is 5.57 Å². The molecule has 2 aliphatic rings. The highest BCUT2D eigenvalue weighted by Crippen LogP contribution is 2.39. The molecule has 1 fully saturated rings. The highest BCUT2D eigenvalue weighted by Gasteiger charge is 2.45. The van der Waals surface area contributed by atoms with Crippen molar-refractivity contribution >= 4 is 11.8 Å². The fourth-order valence-electron chi connectivity index (χ4n) is 3.78. The molecule has 0 aromatic carbocycles. The number of likely N-dealkylation sites (tertiary alicyclic amines) is 1. The van der Waals surface area contributed by atoms with Crippen LogP contribution in [0.5, 0.6) is 0 Å². The zero-order chi connectivity index (χ0) is 18.1. The number of aryl methyl sites for hydroxylation is 1. The minimum Gasteiger partial charge on any atom is -0.380 e. The summed E-state index contributed by atoms with van der Waals surface area (Å²) in [6.07, 6.45) is 4.93. The van der Waals surface area contributed by atoms with Gasteiger partial charge in [0.2, 0.25) is 11.8 Å². The van der Waals surface area contributed by atoms with Gasteiger partial charge in [-0.25, -0.2) is 0 Å². The van der Waals surface area contributed by atoms with E-state index in [9.17, 15) is 9.59 Å². The van der Waals surface area contributed by atoms with Crippen molar-refractivity contribution in [2.24, 2.45) is 13.0 Å². The number of aromatic nitrogens is 2. The van der Waals surface area contributed by atoms with E-state index in [4.69, 9.17) is 4.74 Å². The second-order valence-corrected chi connectivity index (χ2v) is 6.90. The van der Waals surface area contributed by atoms with E-state index in [1.807, 2.05) is 18.9 Å². The van der Waals surface area contributed by atoms with Crippen LogP contribution in [0.15, 0.2) is 17.8 Å². The van der Waals surface area contributed by atoms with Crippen LogP contribution >= 0.6 is 0 Å². The molecule has 0 spiro atoms. The molecule has 0 saturated carbocycles. The van der Waals surface area contributed by atoms with Gasteiger partial charge in [-0.3, -0.25) is 14.3 Å². The smallest absolute Gasteiger partial charge is 0.228 e. The van der Waals surface area contributed by atoms with Gasteiger partial charge in [0.25, 0.3) is 0 Å². The number of hydrogen-bond donors (Lipinski definition) is 0. The first-order valence-electron chi connectivity index (χ1n) is 8.63. The summed E-state index contributed by atoms with van der Waals surface area (Å²) in [6.45, 7) is 3.86. The molecule has 25 heavy (non-hydrogen) atoms. The molecule has 2 atom stereocenters. The third kappa shape index (κ3) is 3.20. The summed E-state index contributed by atoms with van der Waals surface area (Å²) in [4.78, 5) is 29.0. The van der Waals surface area contributed by atoms with Crippen LogP contribution in [0.4, 0.5) is 0 Å². The van der Waals surface area contributed by atoms with E-state index in [1.54, 1.807) is 29.9 Å². The first kappa shape index (κ1) is 17.7. The lowest BCUT2D eigenvalue weighted by Gasteiger charge is -2.31. The second-order valence-electron chi connectivity index (χ2n) is 6.90. The quantitative estimate of drug-likeness (QED) is 0.765. The van der Waals surface area contributed by atoms with Crippen molar-refractivity contribution in [3.05, 3.63) is 29.1 Å². The molecule has 1 aromatic rings. The first-order valence-corrected chi connectivity index (χ1v) is 8.63. The molecule has 1 aromatic heterocycles. The molecule has 3 rings (SSSR count). The lowest BCUT2D eigenvalue weighted by atomic mass is 9.92. The van der Waals surface area contributed by atoms with Gasteiger partial charge in [0.15, 0.2) is 0 Å². The molecule has 0 bridgehead atoms. The topological polar surface area (TPSA) is 67.7 Å². The summed E-state index contributed by atoms with van der Waals surface area (Å²) < 4.78 is 6.95. The van der Waals surface area contributed by atoms with Crippen molar-refractivity contribution in [1.29, 1.82) is 0 Å². The summed E-state index contributed by atoms with van der Waals surface area (Å²) in [6, 6.07) is -0.238. The highest BCUT2D eigenvalue weighted by molar-refractivity contribution is 5.90. The Kier molecular flexibility index (Phi) is 4.94.